The molecule has 0 aliphatic rings. The summed E-state index contributed by atoms with van der Waals surface area (Å²) < 4.78 is 26.9. The van der Waals surface area contributed by atoms with Gasteiger partial charge in [0.1, 0.15) is 4.21 Å². The maximum absolute atomic E-state index is 12.2. The van der Waals surface area contributed by atoms with Crippen LogP contribution in [-0.2, 0) is 16.6 Å². The van der Waals surface area contributed by atoms with Crippen molar-refractivity contribution in [3.63, 3.8) is 0 Å². The van der Waals surface area contributed by atoms with E-state index in [9.17, 15) is 8.42 Å². The minimum absolute atomic E-state index is 0.364. The van der Waals surface area contributed by atoms with Crippen molar-refractivity contribution in [3.8, 4) is 0 Å². The van der Waals surface area contributed by atoms with Crippen molar-refractivity contribution in [3.05, 3.63) is 38.3 Å². The summed E-state index contributed by atoms with van der Waals surface area (Å²) in [5.74, 6) is 0. The zero-order valence-corrected chi connectivity index (χ0v) is 13.0. The minimum Gasteiger partial charge on any atom is -0.206 e. The van der Waals surface area contributed by atoms with Gasteiger partial charge in [0.05, 0.1) is 3.79 Å². The monoisotopic (exact) mass is 351 g/mol. The molecule has 0 fully saturated rings. The van der Waals surface area contributed by atoms with Gasteiger partial charge in [-0.05, 0) is 39.5 Å². The molecular weight excluding hydrogens is 342 g/mol. The van der Waals surface area contributed by atoms with Gasteiger partial charge in [0, 0.05) is 18.5 Å². The zero-order valence-electron chi connectivity index (χ0n) is 8.96. The quantitative estimate of drug-likeness (QED) is 0.846. The summed E-state index contributed by atoms with van der Waals surface area (Å²) >= 11 is 6.05. The van der Waals surface area contributed by atoms with E-state index in [0.717, 1.165) is 8.66 Å². The fourth-order valence-electron chi connectivity index (χ4n) is 1.30. The van der Waals surface area contributed by atoms with Crippen molar-refractivity contribution in [2.24, 2.45) is 0 Å². The van der Waals surface area contributed by atoms with E-state index in [4.69, 9.17) is 0 Å². The second-order valence-electron chi connectivity index (χ2n) is 3.40. The Morgan fingerprint density at radius 3 is 2.65 bits per heavy atom. The number of hydrogen-bond acceptors (Lipinski definition) is 4. The van der Waals surface area contributed by atoms with Crippen molar-refractivity contribution >= 4 is 48.6 Å². The van der Waals surface area contributed by atoms with E-state index < -0.39 is 10.0 Å². The van der Waals surface area contributed by atoms with Crippen LogP contribution in [0.2, 0.25) is 0 Å². The van der Waals surface area contributed by atoms with Gasteiger partial charge in [-0.15, -0.1) is 22.7 Å². The normalized spacial score (nSPS) is 12.2. The molecule has 92 valence electrons. The molecule has 0 spiro atoms. The lowest BCUT2D eigenvalue weighted by Crippen LogP contribution is -2.25. The summed E-state index contributed by atoms with van der Waals surface area (Å²) in [6.07, 6.45) is 0. The summed E-state index contributed by atoms with van der Waals surface area (Å²) in [5.41, 5.74) is 0. The largest absolute Gasteiger partial charge is 0.252 e. The molecule has 2 heterocycles. The molecule has 0 aromatic carbocycles. The highest BCUT2D eigenvalue weighted by Gasteiger charge is 2.22. The van der Waals surface area contributed by atoms with Crippen LogP contribution in [0, 0.1) is 0 Å². The molecule has 2 aromatic heterocycles. The summed E-state index contributed by atoms with van der Waals surface area (Å²) in [7, 11) is -1.77. The van der Waals surface area contributed by atoms with E-state index in [1.54, 1.807) is 30.5 Å². The molecule has 0 N–H and O–H groups in total. The fraction of sp³-hybridized carbons (Fsp3) is 0.200. The van der Waals surface area contributed by atoms with Gasteiger partial charge in [0.2, 0.25) is 0 Å². The minimum atomic E-state index is -3.37. The first-order valence-electron chi connectivity index (χ1n) is 4.74. The van der Waals surface area contributed by atoms with E-state index in [-0.39, 0.29) is 0 Å². The smallest absolute Gasteiger partial charge is 0.206 e. The first-order chi connectivity index (χ1) is 8.00. The first kappa shape index (κ1) is 13.2. The number of sulfonamides is 1. The number of thiophene rings is 2. The Morgan fingerprint density at radius 2 is 2.12 bits per heavy atom. The molecule has 17 heavy (non-hydrogen) atoms. The van der Waals surface area contributed by atoms with E-state index in [0.29, 0.717) is 10.8 Å². The zero-order chi connectivity index (χ0) is 12.5. The molecule has 0 radical (unpaired) electrons. The Balaban J connectivity index is 2.21. The van der Waals surface area contributed by atoms with Crippen LogP contribution in [0.5, 0.6) is 0 Å². The van der Waals surface area contributed by atoms with Gasteiger partial charge in [0.25, 0.3) is 10.0 Å². The van der Waals surface area contributed by atoms with Crippen molar-refractivity contribution in [1.29, 1.82) is 0 Å². The summed E-state index contributed by atoms with van der Waals surface area (Å²) in [5, 5.41) is 1.94. The van der Waals surface area contributed by atoms with Crippen LogP contribution in [0.1, 0.15) is 4.88 Å². The standard InChI is InChI=1S/C10H10BrNO2S3/c1-12(7-8-3-2-6-15-8)17(13,14)10-5-4-9(11)16-10/h2-6H,7H2,1H3. The fourth-order valence-corrected chi connectivity index (χ4v) is 5.51. The van der Waals surface area contributed by atoms with Gasteiger partial charge in [-0.3, -0.25) is 0 Å². The topological polar surface area (TPSA) is 37.4 Å². The third kappa shape index (κ3) is 2.97. The van der Waals surface area contributed by atoms with E-state index in [1.807, 2.05) is 17.5 Å². The second kappa shape index (κ2) is 5.19. The molecule has 2 aromatic rings. The molecule has 0 atom stereocenters. The molecule has 0 aliphatic heterocycles. The highest BCUT2D eigenvalue weighted by molar-refractivity contribution is 9.11. The Bertz CT molecular complexity index is 589. The van der Waals surface area contributed by atoms with Crippen LogP contribution in [0.15, 0.2) is 37.6 Å². The molecule has 0 saturated heterocycles. The highest BCUT2D eigenvalue weighted by Crippen LogP contribution is 2.28. The van der Waals surface area contributed by atoms with E-state index in [2.05, 4.69) is 15.9 Å². The molecule has 0 amide bonds. The lowest BCUT2D eigenvalue weighted by Gasteiger charge is -2.14. The third-order valence-electron chi connectivity index (χ3n) is 2.17. The van der Waals surface area contributed by atoms with Crippen LogP contribution >= 0.6 is 38.6 Å². The molecule has 0 unspecified atom stereocenters. The van der Waals surface area contributed by atoms with Crippen LogP contribution in [0.4, 0.5) is 0 Å². The van der Waals surface area contributed by atoms with E-state index in [1.165, 1.54) is 15.6 Å². The van der Waals surface area contributed by atoms with Crippen LogP contribution < -0.4 is 0 Å². The van der Waals surface area contributed by atoms with Gasteiger partial charge < -0.3 is 0 Å². The third-order valence-corrected chi connectivity index (χ3v) is 6.93. The SMILES string of the molecule is CN(Cc1cccs1)S(=O)(=O)c1ccc(Br)s1. The lowest BCUT2D eigenvalue weighted by molar-refractivity contribution is 0.471. The van der Waals surface area contributed by atoms with Crippen molar-refractivity contribution in [2.75, 3.05) is 7.05 Å². The lowest BCUT2D eigenvalue weighted by atomic mass is 10.5. The molecular formula is C10H10BrNO2S3. The van der Waals surface area contributed by atoms with Crippen LogP contribution in [0.25, 0.3) is 0 Å². The van der Waals surface area contributed by atoms with Gasteiger partial charge in [-0.1, -0.05) is 6.07 Å². The number of nitrogens with zero attached hydrogens (tertiary/aromatic N) is 1. The van der Waals surface area contributed by atoms with Crippen molar-refractivity contribution in [1.82, 2.24) is 4.31 Å². The molecule has 7 heteroatoms. The summed E-state index contributed by atoms with van der Waals surface area (Å²) in [6, 6.07) is 7.22. The highest BCUT2D eigenvalue weighted by atomic mass is 79.9. The number of halogens is 1. The molecule has 0 saturated carbocycles. The van der Waals surface area contributed by atoms with Gasteiger partial charge in [-0.25, -0.2) is 8.42 Å². The first-order valence-corrected chi connectivity index (χ1v) is 8.67. The number of rotatable bonds is 4. The molecule has 3 nitrogen and oxygen atoms in total. The Hall–Kier alpha value is -0.210. The van der Waals surface area contributed by atoms with Gasteiger partial charge in [-0.2, -0.15) is 4.31 Å². The van der Waals surface area contributed by atoms with Crippen LogP contribution in [0.3, 0.4) is 0 Å². The average Bonchev–Trinajstić information content (AvgIpc) is 2.89. The number of hydrogen-bond donors (Lipinski definition) is 0. The molecule has 0 aliphatic carbocycles. The van der Waals surface area contributed by atoms with Crippen molar-refractivity contribution < 1.29 is 8.42 Å². The maximum atomic E-state index is 12.2. The summed E-state index contributed by atoms with van der Waals surface area (Å²) in [4.78, 5) is 1.03. The Kier molecular flexibility index (Phi) is 4.04. The Morgan fingerprint density at radius 1 is 1.35 bits per heavy atom. The van der Waals surface area contributed by atoms with Gasteiger partial charge >= 0.3 is 0 Å². The van der Waals surface area contributed by atoms with Crippen molar-refractivity contribution in [2.45, 2.75) is 10.8 Å². The second-order valence-corrected chi connectivity index (χ2v) is 9.17. The predicted molar refractivity (Wildman–Crippen MR) is 75.0 cm³/mol. The Labute approximate surface area is 117 Å². The summed E-state index contributed by atoms with van der Waals surface area (Å²) in [6.45, 7) is 0.412. The van der Waals surface area contributed by atoms with E-state index >= 15 is 0 Å². The molecule has 2 rings (SSSR count). The van der Waals surface area contributed by atoms with Crippen LogP contribution in [-0.4, -0.2) is 19.8 Å². The molecule has 0 bridgehead atoms. The predicted octanol–water partition coefficient (Wildman–Crippen LogP) is 3.39. The van der Waals surface area contributed by atoms with Gasteiger partial charge in [0.15, 0.2) is 0 Å². The average molecular weight is 352 g/mol. The maximum Gasteiger partial charge on any atom is 0.252 e.